The smallest absolute Gasteiger partial charge is 0.213 e. The van der Waals surface area contributed by atoms with Gasteiger partial charge in [0.1, 0.15) is 11.5 Å². The van der Waals surface area contributed by atoms with E-state index in [4.69, 9.17) is 9.73 Å². The number of fused-ring (bicyclic) bond motifs is 1. The van der Waals surface area contributed by atoms with Gasteiger partial charge >= 0.3 is 0 Å². The molecule has 7 nitrogen and oxygen atoms in total. The topological polar surface area (TPSA) is 92.7 Å². The fraction of sp³-hybridized carbons (Fsp3) is 0.400. The summed E-state index contributed by atoms with van der Waals surface area (Å²) < 4.78 is 29.3. The maximum atomic E-state index is 11.9. The lowest BCUT2D eigenvalue weighted by atomic mass is 9.96. The first-order valence-electron chi connectivity index (χ1n) is 9.17. The maximum Gasteiger partial charge on any atom is 0.213 e. The monoisotopic (exact) mass is 402 g/mol. The van der Waals surface area contributed by atoms with Gasteiger partial charge < -0.3 is 10.1 Å². The lowest BCUT2D eigenvalue weighted by Gasteiger charge is -2.36. The van der Waals surface area contributed by atoms with E-state index in [1.807, 2.05) is 39.8 Å². The molecule has 8 heteroatoms. The van der Waals surface area contributed by atoms with Crippen LogP contribution in [0.4, 0.5) is 5.69 Å². The number of aliphatic imine (C=N–C) groups is 1. The van der Waals surface area contributed by atoms with Crippen LogP contribution in [0.25, 0.3) is 0 Å². The Balaban J connectivity index is 1.97. The first-order chi connectivity index (χ1) is 13.1. The van der Waals surface area contributed by atoms with Crippen LogP contribution in [0.15, 0.2) is 46.4 Å². The van der Waals surface area contributed by atoms with Gasteiger partial charge in [-0.25, -0.2) is 18.4 Å². The summed E-state index contributed by atoms with van der Waals surface area (Å²) >= 11 is 0. The number of nitrogens with zero attached hydrogens (tertiary/aromatic N) is 2. The van der Waals surface area contributed by atoms with Gasteiger partial charge in [0.25, 0.3) is 0 Å². The van der Waals surface area contributed by atoms with Crippen molar-refractivity contribution in [2.45, 2.75) is 44.3 Å². The van der Waals surface area contributed by atoms with E-state index in [0.29, 0.717) is 17.4 Å². The first kappa shape index (κ1) is 20.3. The van der Waals surface area contributed by atoms with E-state index < -0.39 is 15.5 Å². The predicted molar refractivity (Wildman–Crippen MR) is 111 cm³/mol. The molecule has 1 aliphatic rings. The number of sulfone groups is 1. The quantitative estimate of drug-likeness (QED) is 0.770. The van der Waals surface area contributed by atoms with E-state index in [-0.39, 0.29) is 6.04 Å². The van der Waals surface area contributed by atoms with Gasteiger partial charge in [0.2, 0.25) is 5.88 Å². The van der Waals surface area contributed by atoms with Crippen molar-refractivity contribution in [3.63, 3.8) is 0 Å². The average Bonchev–Trinajstić information content (AvgIpc) is 2.61. The highest BCUT2D eigenvalue weighted by Crippen LogP contribution is 2.36. The van der Waals surface area contributed by atoms with Crippen molar-refractivity contribution in [2.24, 2.45) is 4.99 Å². The molecule has 0 radical (unpaired) electrons. The molecule has 3 rings (SSSR count). The number of nitrogens with one attached hydrogen (secondary N) is 2. The zero-order chi connectivity index (χ0) is 20.5. The Bertz CT molecular complexity index is 1020. The molecule has 0 bridgehead atoms. The zero-order valence-corrected chi connectivity index (χ0v) is 17.6. The number of benzene rings is 1. The summed E-state index contributed by atoms with van der Waals surface area (Å²) in [5.41, 5.74) is 1.93. The van der Waals surface area contributed by atoms with Crippen LogP contribution < -0.4 is 15.4 Å². The van der Waals surface area contributed by atoms with Crippen LogP contribution in [0, 0.1) is 0 Å². The highest BCUT2D eigenvalue weighted by Gasteiger charge is 2.34. The second kappa shape index (κ2) is 7.52. The summed E-state index contributed by atoms with van der Waals surface area (Å²) in [7, 11) is -3.27. The van der Waals surface area contributed by atoms with E-state index in [2.05, 4.69) is 15.6 Å². The number of amidine groups is 1. The summed E-state index contributed by atoms with van der Waals surface area (Å²) in [6.45, 7) is 8.32. The summed E-state index contributed by atoms with van der Waals surface area (Å²) in [5, 5.41) is 6.78. The van der Waals surface area contributed by atoms with E-state index in [9.17, 15) is 8.42 Å². The van der Waals surface area contributed by atoms with Gasteiger partial charge in [-0.2, -0.15) is 0 Å². The minimum absolute atomic E-state index is 0.141. The fourth-order valence-electron chi connectivity index (χ4n) is 3.41. The van der Waals surface area contributed by atoms with Crippen LogP contribution in [-0.4, -0.2) is 32.1 Å². The van der Waals surface area contributed by atoms with Crippen LogP contribution in [-0.2, 0) is 15.5 Å². The lowest BCUT2D eigenvalue weighted by molar-refractivity contribution is 0.317. The lowest BCUT2D eigenvalue weighted by Crippen LogP contribution is -2.43. The van der Waals surface area contributed by atoms with Gasteiger partial charge in [-0.1, -0.05) is 12.1 Å². The molecule has 2 aromatic rings. The van der Waals surface area contributed by atoms with Crippen molar-refractivity contribution in [1.82, 2.24) is 10.3 Å². The van der Waals surface area contributed by atoms with E-state index in [1.54, 1.807) is 24.4 Å². The number of pyridine rings is 1. The van der Waals surface area contributed by atoms with Crippen LogP contribution in [0.2, 0.25) is 0 Å². The number of hydrogen-bond acceptors (Lipinski definition) is 7. The molecule has 0 fully saturated rings. The van der Waals surface area contributed by atoms with Gasteiger partial charge in [-0.05, 0) is 45.4 Å². The molecule has 0 saturated heterocycles. The van der Waals surface area contributed by atoms with Crippen molar-refractivity contribution >= 4 is 21.4 Å². The minimum atomic E-state index is -3.27. The molecule has 0 spiro atoms. The summed E-state index contributed by atoms with van der Waals surface area (Å²) in [6, 6.07) is 8.72. The molecule has 1 unspecified atom stereocenters. The summed E-state index contributed by atoms with van der Waals surface area (Å²) in [5.74, 6) is 1.31. The van der Waals surface area contributed by atoms with Crippen LogP contribution in [0.1, 0.15) is 44.9 Å². The maximum absolute atomic E-state index is 11.9. The minimum Gasteiger partial charge on any atom is -0.478 e. The number of rotatable bonds is 6. The van der Waals surface area contributed by atoms with E-state index >= 15 is 0 Å². The van der Waals surface area contributed by atoms with E-state index in [0.717, 1.165) is 22.6 Å². The highest BCUT2D eigenvalue weighted by atomic mass is 32.2. The number of anilines is 1. The zero-order valence-electron chi connectivity index (χ0n) is 16.8. The number of hydrogen-bond donors (Lipinski definition) is 2. The second-order valence-corrected chi connectivity index (χ2v) is 9.12. The standard InChI is InChI=1S/C20H26N4O3S/c1-6-27-19-11-17-18(12-21-19)22-14(3)24-20(17,4)23-13(2)15-8-7-9-16(10-15)28(5,25)26/h7-13,23H,6H2,1-5H3,(H,22,24)/t13-,20?/m1/s1. The Hall–Kier alpha value is -2.45. The summed E-state index contributed by atoms with van der Waals surface area (Å²) in [4.78, 5) is 9.41. The van der Waals surface area contributed by atoms with Gasteiger partial charge in [0.05, 0.1) is 23.4 Å². The molecule has 1 aromatic carbocycles. The van der Waals surface area contributed by atoms with Gasteiger partial charge in [0, 0.05) is 23.9 Å². The van der Waals surface area contributed by atoms with Crippen molar-refractivity contribution in [1.29, 1.82) is 0 Å². The Morgan fingerprint density at radius 2 is 2.07 bits per heavy atom. The number of ether oxygens (including phenoxy) is 1. The summed E-state index contributed by atoms with van der Waals surface area (Å²) in [6.07, 6.45) is 2.96. The molecule has 2 atom stereocenters. The molecule has 0 aliphatic carbocycles. The normalized spacial score (nSPS) is 20.0. The molecular weight excluding hydrogens is 376 g/mol. The van der Waals surface area contributed by atoms with Crippen LogP contribution in [0.5, 0.6) is 5.88 Å². The molecule has 28 heavy (non-hydrogen) atoms. The molecule has 0 saturated carbocycles. The molecular formula is C20H26N4O3S. The van der Waals surface area contributed by atoms with Gasteiger partial charge in [0.15, 0.2) is 9.84 Å². The Labute approximate surface area is 166 Å². The molecule has 2 N–H and O–H groups in total. The van der Waals surface area contributed by atoms with Crippen molar-refractivity contribution < 1.29 is 13.2 Å². The van der Waals surface area contributed by atoms with Crippen molar-refractivity contribution in [3.8, 4) is 5.88 Å². The van der Waals surface area contributed by atoms with Crippen LogP contribution >= 0.6 is 0 Å². The molecule has 2 heterocycles. The SMILES string of the molecule is CCOc1cc2c(cn1)NC(C)=NC2(C)N[C@H](C)c1cccc(S(C)(=O)=O)c1. The predicted octanol–water partition coefficient (Wildman–Crippen LogP) is 3.25. The van der Waals surface area contributed by atoms with E-state index in [1.165, 1.54) is 6.26 Å². The number of aromatic nitrogens is 1. The second-order valence-electron chi connectivity index (χ2n) is 7.11. The molecule has 1 aromatic heterocycles. The van der Waals surface area contributed by atoms with Gasteiger partial charge in [-0.3, -0.25) is 5.32 Å². The third kappa shape index (κ3) is 4.18. The Morgan fingerprint density at radius 3 is 2.75 bits per heavy atom. The fourth-order valence-corrected chi connectivity index (χ4v) is 4.09. The molecule has 150 valence electrons. The average molecular weight is 403 g/mol. The third-order valence-corrected chi connectivity index (χ3v) is 5.80. The third-order valence-electron chi connectivity index (χ3n) is 4.69. The van der Waals surface area contributed by atoms with Gasteiger partial charge in [-0.15, -0.1) is 0 Å². The first-order valence-corrected chi connectivity index (χ1v) is 11.1. The highest BCUT2D eigenvalue weighted by molar-refractivity contribution is 7.90. The molecule has 1 aliphatic heterocycles. The van der Waals surface area contributed by atoms with Crippen LogP contribution in [0.3, 0.4) is 0 Å². The molecule has 0 amide bonds. The van der Waals surface area contributed by atoms with Crippen molar-refractivity contribution in [3.05, 3.63) is 47.7 Å². The largest absolute Gasteiger partial charge is 0.478 e. The van der Waals surface area contributed by atoms with Crippen molar-refractivity contribution in [2.75, 3.05) is 18.2 Å². The Kier molecular flexibility index (Phi) is 5.45. The Morgan fingerprint density at radius 1 is 1.32 bits per heavy atom.